The summed E-state index contributed by atoms with van der Waals surface area (Å²) in [6.45, 7) is 0. The molecule has 1 aliphatic rings. The van der Waals surface area contributed by atoms with Crippen LogP contribution in [0.2, 0.25) is 0 Å². The maximum Gasteiger partial charge on any atom is 0.338 e. The average Bonchev–Trinajstić information content (AvgIpc) is 2.79. The Morgan fingerprint density at radius 1 is 0.800 bits per heavy atom. The Hall–Kier alpha value is -3.27. The van der Waals surface area contributed by atoms with E-state index in [0.29, 0.717) is 0 Å². The largest absolute Gasteiger partial charge is 0.497 e. The van der Waals surface area contributed by atoms with Crippen molar-refractivity contribution < 1.29 is 4.74 Å². The van der Waals surface area contributed by atoms with Gasteiger partial charge in [0.25, 0.3) is 0 Å². The molecule has 0 spiro atoms. The zero-order valence-corrected chi connectivity index (χ0v) is 13.9. The summed E-state index contributed by atoms with van der Waals surface area (Å²) < 4.78 is 8.72. The molecule has 3 aromatic rings. The molecule has 4 rings (SSSR count). The first kappa shape index (κ1) is 15.3. The number of ether oxygens (including phenoxy) is 1. The van der Waals surface area contributed by atoms with Crippen LogP contribution in [0.1, 0.15) is 17.8 Å². The lowest BCUT2D eigenvalue weighted by Crippen LogP contribution is -2.22. The highest BCUT2D eigenvalue weighted by Gasteiger charge is 2.19. The Labute approximate surface area is 145 Å². The van der Waals surface area contributed by atoms with E-state index in [0.717, 1.165) is 34.9 Å². The van der Waals surface area contributed by atoms with E-state index in [1.165, 1.54) is 0 Å². The van der Waals surface area contributed by atoms with Crippen molar-refractivity contribution in [3.05, 3.63) is 88.6 Å². The Kier molecular flexibility index (Phi) is 3.86. The van der Waals surface area contributed by atoms with Gasteiger partial charge in [-0.1, -0.05) is 30.4 Å². The van der Waals surface area contributed by atoms with Gasteiger partial charge in [0.1, 0.15) is 5.75 Å². The monoisotopic (exact) mass is 330 g/mol. The normalized spacial score (nSPS) is 12.7. The maximum atomic E-state index is 13.3. The maximum absolute atomic E-state index is 13.3. The fourth-order valence-corrected chi connectivity index (χ4v) is 3.10. The lowest BCUT2D eigenvalue weighted by Gasteiger charge is -2.06. The minimum Gasteiger partial charge on any atom is -0.497 e. The molecule has 0 unspecified atom stereocenters. The highest BCUT2D eigenvalue weighted by atomic mass is 16.5. The standard InChI is InChI=1S/C21H18N2O2/c1-25-18-14-12-17(13-15-18)23-20-11-7-3-6-10-19(20)22(21(23)24)16-8-4-2-5-9-16/h2,4-15H,3H2,1H3. The van der Waals surface area contributed by atoms with Crippen LogP contribution in [0.4, 0.5) is 0 Å². The van der Waals surface area contributed by atoms with Crippen molar-refractivity contribution in [1.29, 1.82) is 0 Å². The predicted octanol–water partition coefficient (Wildman–Crippen LogP) is 4.07. The molecule has 1 aromatic heterocycles. The van der Waals surface area contributed by atoms with E-state index in [-0.39, 0.29) is 5.69 Å². The second-order valence-corrected chi connectivity index (χ2v) is 5.80. The molecule has 0 saturated carbocycles. The van der Waals surface area contributed by atoms with Crippen LogP contribution in [0.5, 0.6) is 5.75 Å². The molecule has 0 atom stereocenters. The third-order valence-corrected chi connectivity index (χ3v) is 4.30. The molecule has 0 fully saturated rings. The minimum atomic E-state index is -0.0856. The number of hydrogen-bond donors (Lipinski definition) is 0. The molecule has 0 N–H and O–H groups in total. The first-order chi connectivity index (χ1) is 12.3. The Morgan fingerprint density at radius 2 is 1.36 bits per heavy atom. The van der Waals surface area contributed by atoms with Gasteiger partial charge in [-0.15, -0.1) is 0 Å². The summed E-state index contributed by atoms with van der Waals surface area (Å²) in [5.41, 5.74) is 3.36. The van der Waals surface area contributed by atoms with Gasteiger partial charge >= 0.3 is 5.69 Å². The van der Waals surface area contributed by atoms with Crippen molar-refractivity contribution in [3.8, 4) is 17.1 Å². The Morgan fingerprint density at radius 3 is 1.92 bits per heavy atom. The summed E-state index contributed by atoms with van der Waals surface area (Å²) in [5, 5.41) is 0. The highest BCUT2D eigenvalue weighted by Crippen LogP contribution is 2.24. The molecule has 4 heteroatoms. The summed E-state index contributed by atoms with van der Waals surface area (Å²) in [6.07, 6.45) is 9.02. The second kappa shape index (κ2) is 6.32. The van der Waals surface area contributed by atoms with Gasteiger partial charge in [0.15, 0.2) is 0 Å². The lowest BCUT2D eigenvalue weighted by molar-refractivity contribution is 0.414. The quantitative estimate of drug-likeness (QED) is 0.726. The van der Waals surface area contributed by atoms with Crippen molar-refractivity contribution in [3.63, 3.8) is 0 Å². The summed E-state index contributed by atoms with van der Waals surface area (Å²) in [6, 6.07) is 17.3. The molecule has 0 radical (unpaired) electrons. The highest BCUT2D eigenvalue weighted by molar-refractivity contribution is 5.67. The van der Waals surface area contributed by atoms with Gasteiger partial charge in [0.2, 0.25) is 0 Å². The van der Waals surface area contributed by atoms with E-state index in [1.807, 2.05) is 66.7 Å². The summed E-state index contributed by atoms with van der Waals surface area (Å²) in [7, 11) is 1.63. The van der Waals surface area contributed by atoms with Crippen molar-refractivity contribution in [2.24, 2.45) is 0 Å². The van der Waals surface area contributed by atoms with Gasteiger partial charge in [-0.25, -0.2) is 4.79 Å². The number of hydrogen-bond acceptors (Lipinski definition) is 2. The summed E-state index contributed by atoms with van der Waals surface area (Å²) >= 11 is 0. The Bertz CT molecular complexity index is 1010. The summed E-state index contributed by atoms with van der Waals surface area (Å²) in [5.74, 6) is 0.765. The van der Waals surface area contributed by atoms with Crippen molar-refractivity contribution >= 4 is 12.2 Å². The first-order valence-corrected chi connectivity index (χ1v) is 8.20. The van der Waals surface area contributed by atoms with Gasteiger partial charge in [-0.05, 0) is 55.0 Å². The molecule has 1 aliphatic carbocycles. The molecular weight excluding hydrogens is 312 g/mol. The molecule has 124 valence electrons. The zero-order chi connectivity index (χ0) is 17.2. The molecule has 0 bridgehead atoms. The minimum absolute atomic E-state index is 0.0856. The second-order valence-electron chi connectivity index (χ2n) is 5.80. The van der Waals surface area contributed by atoms with Gasteiger partial charge in [0.05, 0.1) is 29.9 Å². The topological polar surface area (TPSA) is 36.2 Å². The van der Waals surface area contributed by atoms with Crippen LogP contribution < -0.4 is 10.4 Å². The van der Waals surface area contributed by atoms with Gasteiger partial charge < -0.3 is 4.74 Å². The molecule has 0 amide bonds. The summed E-state index contributed by atoms with van der Waals surface area (Å²) in [4.78, 5) is 13.3. The molecule has 4 nitrogen and oxygen atoms in total. The van der Waals surface area contributed by atoms with Crippen molar-refractivity contribution in [2.45, 2.75) is 6.42 Å². The van der Waals surface area contributed by atoms with Gasteiger partial charge in [0, 0.05) is 0 Å². The number of benzene rings is 2. The van der Waals surface area contributed by atoms with E-state index in [4.69, 9.17) is 4.74 Å². The number of rotatable bonds is 3. The fourth-order valence-electron chi connectivity index (χ4n) is 3.10. The fraction of sp³-hybridized carbons (Fsp3) is 0.0952. The van der Waals surface area contributed by atoms with Crippen LogP contribution in [0.25, 0.3) is 23.5 Å². The Balaban J connectivity index is 2.00. The average molecular weight is 330 g/mol. The smallest absolute Gasteiger partial charge is 0.338 e. The zero-order valence-electron chi connectivity index (χ0n) is 13.9. The first-order valence-electron chi connectivity index (χ1n) is 8.20. The lowest BCUT2D eigenvalue weighted by atomic mass is 10.2. The SMILES string of the molecule is COc1ccc(-n2c3c(n(-c4ccccc4)c2=O)C=CCC=C3)cc1. The number of imidazole rings is 1. The molecular formula is C21H18N2O2. The van der Waals surface area contributed by atoms with Crippen LogP contribution in [-0.4, -0.2) is 16.2 Å². The number of methoxy groups -OCH3 is 1. The van der Waals surface area contributed by atoms with Crippen LogP contribution in [0.3, 0.4) is 0 Å². The van der Waals surface area contributed by atoms with Crippen LogP contribution in [-0.2, 0) is 0 Å². The van der Waals surface area contributed by atoms with Crippen molar-refractivity contribution in [1.82, 2.24) is 9.13 Å². The van der Waals surface area contributed by atoms with Crippen LogP contribution >= 0.6 is 0 Å². The van der Waals surface area contributed by atoms with Gasteiger partial charge in [-0.3, -0.25) is 9.13 Å². The number of nitrogens with zero attached hydrogens (tertiary/aromatic N) is 2. The number of aromatic nitrogens is 2. The van der Waals surface area contributed by atoms with Crippen molar-refractivity contribution in [2.75, 3.05) is 7.11 Å². The van der Waals surface area contributed by atoms with Gasteiger partial charge in [-0.2, -0.15) is 0 Å². The number of para-hydroxylation sites is 1. The molecule has 0 aliphatic heterocycles. The van der Waals surface area contributed by atoms with E-state index in [9.17, 15) is 4.79 Å². The van der Waals surface area contributed by atoms with E-state index in [2.05, 4.69) is 12.2 Å². The van der Waals surface area contributed by atoms with Crippen LogP contribution in [0.15, 0.2) is 71.5 Å². The van der Waals surface area contributed by atoms with E-state index < -0.39 is 0 Å². The third-order valence-electron chi connectivity index (χ3n) is 4.30. The van der Waals surface area contributed by atoms with E-state index in [1.54, 1.807) is 16.2 Å². The number of allylic oxidation sites excluding steroid dienone is 2. The molecule has 25 heavy (non-hydrogen) atoms. The molecule has 0 saturated heterocycles. The number of fused-ring (bicyclic) bond motifs is 1. The predicted molar refractivity (Wildman–Crippen MR) is 101 cm³/mol. The molecule has 2 aromatic carbocycles. The molecule has 1 heterocycles. The van der Waals surface area contributed by atoms with E-state index >= 15 is 0 Å². The van der Waals surface area contributed by atoms with Crippen LogP contribution in [0, 0.1) is 0 Å². The third kappa shape index (κ3) is 2.62.